The minimum absolute atomic E-state index is 0.0428. The number of nitriles is 1. The number of nitrogens with one attached hydrogen (secondary N) is 3. The Morgan fingerprint density at radius 3 is 2.02 bits per heavy atom. The van der Waals surface area contributed by atoms with Gasteiger partial charge in [-0.2, -0.15) is 5.26 Å². The van der Waals surface area contributed by atoms with E-state index in [1.165, 1.54) is 24.3 Å². The van der Waals surface area contributed by atoms with Crippen molar-refractivity contribution < 1.29 is 60.6 Å². The van der Waals surface area contributed by atoms with Gasteiger partial charge in [-0.15, -0.1) is 0 Å². The van der Waals surface area contributed by atoms with E-state index in [-0.39, 0.29) is 28.0 Å². The molecule has 3 rings (SSSR count). The minimum atomic E-state index is -4.08. The average molecular weight is 752 g/mol. The molecule has 1 fully saturated rings. The quantitative estimate of drug-likeness (QED) is 0.108. The van der Waals surface area contributed by atoms with Gasteiger partial charge < -0.3 is 38.8 Å². The molecular formula is C31H37N5O13S2. The van der Waals surface area contributed by atoms with Crippen LogP contribution in [0.5, 0.6) is 0 Å². The Hall–Kier alpha value is -5.13. The molecule has 51 heavy (non-hydrogen) atoms. The smallest absolute Gasteiger partial charge is 0.303 e. The molecule has 1 aromatic carbocycles. The number of nitrogens with zero attached hydrogens (tertiary/aromatic N) is 2. The van der Waals surface area contributed by atoms with E-state index in [1.54, 1.807) is 20.8 Å². The maximum atomic E-state index is 13.4. The van der Waals surface area contributed by atoms with Gasteiger partial charge in [-0.1, -0.05) is 16.9 Å². The van der Waals surface area contributed by atoms with Gasteiger partial charge in [0.25, 0.3) is 15.9 Å². The number of aryl methyl sites for hydroxylation is 1. The average Bonchev–Trinajstić information content (AvgIpc) is 3.34. The number of amides is 1. The second kappa shape index (κ2) is 17.7. The molecule has 3 N–H and O–H groups in total. The van der Waals surface area contributed by atoms with Gasteiger partial charge in [0.15, 0.2) is 23.7 Å². The van der Waals surface area contributed by atoms with Gasteiger partial charge in [0, 0.05) is 45.5 Å². The second-order valence-corrected chi connectivity index (χ2v) is 13.6. The molecule has 0 radical (unpaired) electrons. The third-order valence-electron chi connectivity index (χ3n) is 6.89. The Balaban J connectivity index is 1.95. The van der Waals surface area contributed by atoms with Crippen molar-refractivity contribution in [3.05, 3.63) is 46.1 Å². The van der Waals surface area contributed by atoms with Gasteiger partial charge in [-0.25, -0.2) is 13.1 Å². The Morgan fingerprint density at radius 2 is 1.51 bits per heavy atom. The fourth-order valence-electron chi connectivity index (χ4n) is 4.56. The Morgan fingerprint density at radius 1 is 0.922 bits per heavy atom. The molecule has 276 valence electrons. The number of thioether (sulfide) groups is 1. The third-order valence-corrected chi connectivity index (χ3v) is 9.43. The van der Waals surface area contributed by atoms with Gasteiger partial charge in [-0.05, 0) is 45.0 Å². The topological polar surface area (TPSA) is 252 Å². The second-order valence-electron chi connectivity index (χ2n) is 10.8. The Kier molecular flexibility index (Phi) is 14.0. The number of hydrogen-bond donors (Lipinski definition) is 3. The Bertz CT molecular complexity index is 1820. The maximum Gasteiger partial charge on any atom is 0.303 e. The summed E-state index contributed by atoms with van der Waals surface area (Å²) in [5, 5.41) is 19.2. The highest BCUT2D eigenvalue weighted by atomic mass is 32.2. The van der Waals surface area contributed by atoms with Crippen molar-refractivity contribution in [1.29, 1.82) is 5.26 Å². The van der Waals surface area contributed by atoms with Crippen molar-refractivity contribution >= 4 is 63.1 Å². The fourth-order valence-corrected chi connectivity index (χ4v) is 6.86. The summed E-state index contributed by atoms with van der Waals surface area (Å²) < 4.78 is 60.6. The van der Waals surface area contributed by atoms with E-state index in [4.69, 9.17) is 28.2 Å². The van der Waals surface area contributed by atoms with Crippen LogP contribution in [0.3, 0.4) is 0 Å². The van der Waals surface area contributed by atoms with Crippen LogP contribution < -0.4 is 15.4 Å². The summed E-state index contributed by atoms with van der Waals surface area (Å²) in [5.41, 5.74) is -0.631. The van der Waals surface area contributed by atoms with Gasteiger partial charge in [0.05, 0.1) is 15.6 Å². The summed E-state index contributed by atoms with van der Waals surface area (Å²) in [6.45, 7) is 9.06. The first kappa shape index (κ1) is 40.3. The molecule has 20 heteroatoms. The van der Waals surface area contributed by atoms with E-state index in [0.717, 1.165) is 39.5 Å². The highest BCUT2D eigenvalue weighted by Gasteiger charge is 2.53. The van der Waals surface area contributed by atoms with E-state index in [1.807, 2.05) is 6.07 Å². The van der Waals surface area contributed by atoms with Crippen molar-refractivity contribution in [3.8, 4) is 6.07 Å². The number of aromatic nitrogens is 1. The van der Waals surface area contributed by atoms with Crippen molar-refractivity contribution in [2.45, 2.75) is 83.2 Å². The largest absolute Gasteiger partial charge is 0.463 e. The molecule has 1 saturated heterocycles. The minimum Gasteiger partial charge on any atom is -0.463 e. The van der Waals surface area contributed by atoms with Gasteiger partial charge >= 0.3 is 23.9 Å². The van der Waals surface area contributed by atoms with Crippen LogP contribution >= 0.6 is 11.8 Å². The molecule has 18 nitrogen and oxygen atoms in total. The van der Waals surface area contributed by atoms with Crippen molar-refractivity contribution in [2.75, 3.05) is 23.2 Å². The first-order valence-electron chi connectivity index (χ1n) is 15.2. The number of rotatable bonds is 14. The van der Waals surface area contributed by atoms with Crippen LogP contribution in [0.25, 0.3) is 0 Å². The van der Waals surface area contributed by atoms with Crippen LogP contribution in [0, 0.1) is 25.2 Å². The van der Waals surface area contributed by atoms with Crippen molar-refractivity contribution in [2.24, 2.45) is 0 Å². The van der Waals surface area contributed by atoms with Crippen LogP contribution in [-0.4, -0.2) is 86.4 Å². The lowest BCUT2D eigenvalue weighted by molar-refractivity contribution is -0.237. The molecule has 1 aliphatic rings. The molecule has 0 spiro atoms. The molecule has 0 bridgehead atoms. The van der Waals surface area contributed by atoms with Crippen LogP contribution in [0.1, 0.15) is 45.9 Å². The molecular weight excluding hydrogens is 714 g/mol. The molecule has 1 amide bonds. The number of carbonyl (C=O) groups is 5. The number of sulfonamides is 1. The van der Waals surface area contributed by atoms with Gasteiger partial charge in [0.2, 0.25) is 5.88 Å². The summed E-state index contributed by atoms with van der Waals surface area (Å²) in [5.74, 6) is -4.12. The zero-order valence-electron chi connectivity index (χ0n) is 28.6. The molecule has 5 atom stereocenters. The number of ether oxygens (including phenoxy) is 5. The van der Waals surface area contributed by atoms with E-state index >= 15 is 0 Å². The zero-order chi connectivity index (χ0) is 38.0. The highest BCUT2D eigenvalue weighted by molar-refractivity contribution is 8.03. The lowest BCUT2D eigenvalue weighted by atomic mass is 9.99. The van der Waals surface area contributed by atoms with Crippen LogP contribution in [0.15, 0.2) is 44.3 Å². The lowest BCUT2D eigenvalue weighted by Crippen LogP contribution is -2.61. The normalized spacial score (nSPS) is 20.5. The maximum absolute atomic E-state index is 13.4. The monoisotopic (exact) mass is 751 g/mol. The number of benzene rings is 1. The van der Waals surface area contributed by atoms with E-state index in [9.17, 15) is 37.7 Å². The van der Waals surface area contributed by atoms with Crippen molar-refractivity contribution in [3.63, 3.8) is 0 Å². The highest BCUT2D eigenvalue weighted by Crippen LogP contribution is 2.37. The first-order chi connectivity index (χ1) is 24.0. The predicted octanol–water partition coefficient (Wildman–Crippen LogP) is 2.19. The summed E-state index contributed by atoms with van der Waals surface area (Å²) in [7, 11) is -4.08. The molecule has 0 aliphatic carbocycles. The number of esters is 4. The summed E-state index contributed by atoms with van der Waals surface area (Å²) in [6, 6.07) is 6.89. The van der Waals surface area contributed by atoms with E-state index < -0.39 is 81.8 Å². The SMILES string of the molecule is CCN/C(S[C@@H]1O[C@H](COC(C)=O)[C@@H](OC(C)=O)[C@H](OC(C)=O)[C@H]1OC(C)=O)=C(/C#N)C(=O)Nc1ccc(S(=O)(=O)Nc2onc(C)c2C)cc1. The Labute approximate surface area is 297 Å². The number of hydrogen-bond acceptors (Lipinski definition) is 17. The lowest BCUT2D eigenvalue weighted by Gasteiger charge is -2.44. The zero-order valence-corrected chi connectivity index (χ0v) is 30.3. The van der Waals surface area contributed by atoms with Crippen LogP contribution in [0.2, 0.25) is 0 Å². The third kappa shape index (κ3) is 10.9. The summed E-state index contributed by atoms with van der Waals surface area (Å²) in [6.07, 6.45) is -5.58. The van der Waals surface area contributed by atoms with Crippen LogP contribution in [-0.2, 0) is 57.7 Å². The van der Waals surface area contributed by atoms with Gasteiger partial charge in [-0.3, -0.25) is 24.0 Å². The van der Waals surface area contributed by atoms with Gasteiger partial charge in [0.1, 0.15) is 24.4 Å². The first-order valence-corrected chi connectivity index (χ1v) is 17.6. The summed E-state index contributed by atoms with van der Waals surface area (Å²) >= 11 is 0.723. The molecule has 2 aromatic rings. The van der Waals surface area contributed by atoms with Crippen LogP contribution in [0.4, 0.5) is 11.6 Å². The molecule has 0 unspecified atom stereocenters. The standard InChI is InChI=1S/C31H37N5O13S2/c1-8-33-30(23(13-32)28(41)34-21-9-11-22(12-10-21)51(42,43)36-29-15(2)16(3)35-49-29)50-31-27(47-20(7)40)26(46-19(6)39)25(45-18(5)38)24(48-31)14-44-17(4)37/h9-12,24-27,31,33,36H,8,14H2,1-7H3,(H,34,41)/b30-23+/t24-,25-,26+,27-,31+/m1/s1. The molecule has 1 aliphatic heterocycles. The number of anilines is 2. The molecule has 1 aromatic heterocycles. The summed E-state index contributed by atoms with van der Waals surface area (Å²) in [4.78, 5) is 61.4. The van der Waals surface area contributed by atoms with E-state index in [2.05, 4.69) is 20.5 Å². The fraction of sp³-hybridized carbons (Fsp3) is 0.452. The number of carbonyl (C=O) groups excluding carboxylic acids is 5. The predicted molar refractivity (Wildman–Crippen MR) is 178 cm³/mol. The molecule has 2 heterocycles. The molecule has 0 saturated carbocycles. The van der Waals surface area contributed by atoms with E-state index in [0.29, 0.717) is 11.3 Å². The van der Waals surface area contributed by atoms with Crippen molar-refractivity contribution in [1.82, 2.24) is 10.5 Å².